The number of carbonyl (C=O) groups excluding carboxylic acids is 2. The Kier molecular flexibility index (Phi) is 4.28. The quantitative estimate of drug-likeness (QED) is 0.823. The van der Waals surface area contributed by atoms with E-state index in [4.69, 9.17) is 5.73 Å². The summed E-state index contributed by atoms with van der Waals surface area (Å²) in [5, 5.41) is 3.21. The number of nitrogens with two attached hydrogens (primary N) is 1. The molecule has 1 fully saturated rings. The van der Waals surface area contributed by atoms with Gasteiger partial charge in [-0.3, -0.25) is 19.9 Å². The predicted octanol–water partition coefficient (Wildman–Crippen LogP) is 0.862. The second-order valence-corrected chi connectivity index (χ2v) is 7.44. The summed E-state index contributed by atoms with van der Waals surface area (Å²) in [6, 6.07) is 5.87. The van der Waals surface area contributed by atoms with Crippen LogP contribution in [0.5, 0.6) is 0 Å². The molecule has 1 unspecified atom stereocenters. The number of amides is 2. The van der Waals surface area contributed by atoms with Gasteiger partial charge in [-0.1, -0.05) is 6.07 Å². The Labute approximate surface area is 153 Å². The topological polar surface area (TPSA) is 91.0 Å². The molecule has 2 heterocycles. The van der Waals surface area contributed by atoms with Crippen molar-refractivity contribution >= 4 is 28.9 Å². The van der Waals surface area contributed by atoms with E-state index in [2.05, 4.69) is 10.3 Å². The Morgan fingerprint density at radius 1 is 1.27 bits per heavy atom. The molecule has 1 aromatic carbocycles. The van der Waals surface area contributed by atoms with Crippen LogP contribution >= 0.6 is 0 Å². The van der Waals surface area contributed by atoms with Gasteiger partial charge in [-0.05, 0) is 37.5 Å². The number of fused-ring (bicyclic) bond motifs is 1. The zero-order valence-corrected chi connectivity index (χ0v) is 15.2. The number of nitrogens with zero attached hydrogens (tertiary/aromatic N) is 3. The highest BCUT2D eigenvalue weighted by atomic mass is 16.2. The molecule has 0 aromatic heterocycles. The van der Waals surface area contributed by atoms with E-state index in [9.17, 15) is 9.59 Å². The Balaban J connectivity index is 1.76. The average Bonchev–Trinajstić information content (AvgIpc) is 3.45. The Hall–Kier alpha value is -2.25. The molecule has 26 heavy (non-hydrogen) atoms. The van der Waals surface area contributed by atoms with Crippen molar-refractivity contribution in [2.24, 2.45) is 16.6 Å². The summed E-state index contributed by atoms with van der Waals surface area (Å²) in [5.74, 6) is 0.297. The number of carbonyl (C=O) groups is 2. The second kappa shape index (κ2) is 6.48. The van der Waals surface area contributed by atoms with E-state index in [1.807, 2.05) is 30.0 Å². The number of anilines is 2. The molecule has 2 amide bonds. The Bertz CT molecular complexity index is 786. The Morgan fingerprint density at radius 2 is 2.04 bits per heavy atom. The van der Waals surface area contributed by atoms with Crippen molar-refractivity contribution in [1.29, 1.82) is 0 Å². The lowest BCUT2D eigenvalue weighted by atomic mass is 10.0. The molecule has 2 aliphatic heterocycles. The van der Waals surface area contributed by atoms with E-state index in [0.717, 1.165) is 35.5 Å². The van der Waals surface area contributed by atoms with Crippen LogP contribution in [0.1, 0.15) is 32.3 Å². The van der Waals surface area contributed by atoms with Gasteiger partial charge in [-0.15, -0.1) is 0 Å². The number of aliphatic imine (C=N–C) groups is 1. The first-order chi connectivity index (χ1) is 12.5. The summed E-state index contributed by atoms with van der Waals surface area (Å²) in [4.78, 5) is 33.2. The minimum Gasteiger partial charge on any atom is -0.314 e. The molecular weight excluding hydrogens is 330 g/mol. The number of nitrogens with one attached hydrogen (secondary N) is 1. The summed E-state index contributed by atoms with van der Waals surface area (Å²) in [5.41, 5.74) is 9.35. The molecular formula is C19H25N5O2. The highest BCUT2D eigenvalue weighted by molar-refractivity contribution is 6.09. The number of hydrogen-bond donors (Lipinski definition) is 2. The van der Waals surface area contributed by atoms with Crippen LogP contribution in [0.4, 0.5) is 11.4 Å². The van der Waals surface area contributed by atoms with Gasteiger partial charge >= 0.3 is 0 Å². The van der Waals surface area contributed by atoms with Crippen LogP contribution in [-0.2, 0) is 9.59 Å². The molecule has 138 valence electrons. The van der Waals surface area contributed by atoms with Crippen LogP contribution in [0, 0.1) is 5.92 Å². The van der Waals surface area contributed by atoms with E-state index in [1.54, 1.807) is 11.8 Å². The fourth-order valence-corrected chi connectivity index (χ4v) is 3.79. The van der Waals surface area contributed by atoms with Crippen LogP contribution in [0.2, 0.25) is 0 Å². The lowest BCUT2D eigenvalue weighted by Gasteiger charge is -2.41. The molecule has 7 heteroatoms. The van der Waals surface area contributed by atoms with Gasteiger partial charge in [-0.2, -0.15) is 0 Å². The third-order valence-corrected chi connectivity index (χ3v) is 5.29. The number of rotatable bonds is 2. The first-order valence-corrected chi connectivity index (χ1v) is 9.23. The average molecular weight is 355 g/mol. The summed E-state index contributed by atoms with van der Waals surface area (Å²) in [6.07, 6.45) is 1.81. The zero-order chi connectivity index (χ0) is 18.4. The molecule has 2 atom stereocenters. The van der Waals surface area contributed by atoms with E-state index < -0.39 is 0 Å². The molecule has 0 spiro atoms. The molecule has 1 saturated carbocycles. The van der Waals surface area contributed by atoms with Crippen LogP contribution in [0.3, 0.4) is 0 Å². The molecule has 0 radical (unpaired) electrons. The van der Waals surface area contributed by atoms with Gasteiger partial charge in [0.15, 0.2) is 0 Å². The van der Waals surface area contributed by atoms with E-state index in [0.29, 0.717) is 19.6 Å². The van der Waals surface area contributed by atoms with Crippen LogP contribution < -0.4 is 20.9 Å². The third kappa shape index (κ3) is 3.01. The largest absolute Gasteiger partial charge is 0.314 e. The van der Waals surface area contributed by atoms with Gasteiger partial charge in [-0.25, -0.2) is 0 Å². The maximum absolute atomic E-state index is 12.8. The summed E-state index contributed by atoms with van der Waals surface area (Å²) in [6.45, 7) is 5.23. The molecule has 3 aliphatic rings. The lowest BCUT2D eigenvalue weighted by Crippen LogP contribution is -2.52. The van der Waals surface area contributed by atoms with Gasteiger partial charge in [0, 0.05) is 25.9 Å². The first-order valence-electron chi connectivity index (χ1n) is 9.23. The van der Waals surface area contributed by atoms with Crippen molar-refractivity contribution in [3.63, 3.8) is 0 Å². The maximum atomic E-state index is 12.8. The smallest absolute Gasteiger partial charge is 0.230 e. The zero-order valence-electron chi connectivity index (χ0n) is 15.2. The van der Waals surface area contributed by atoms with E-state index in [1.165, 1.54) is 0 Å². The van der Waals surface area contributed by atoms with E-state index >= 15 is 0 Å². The maximum Gasteiger partial charge on any atom is 0.230 e. The van der Waals surface area contributed by atoms with Crippen molar-refractivity contribution in [2.75, 3.05) is 29.4 Å². The molecule has 4 rings (SSSR count). The number of benzene rings is 1. The molecule has 1 aromatic rings. The molecule has 7 nitrogen and oxygen atoms in total. The predicted molar refractivity (Wildman–Crippen MR) is 102 cm³/mol. The SMILES string of the molecule is CC(=O)N1c2ccc(C3=NCC(N)NC3)cc2N(C(=O)C2CC2)C[C@@H]1C. The van der Waals surface area contributed by atoms with Crippen molar-refractivity contribution in [1.82, 2.24) is 5.32 Å². The highest BCUT2D eigenvalue weighted by Gasteiger charge is 2.39. The first kappa shape index (κ1) is 17.2. The molecule has 0 saturated heterocycles. The van der Waals surface area contributed by atoms with Gasteiger partial charge in [0.1, 0.15) is 0 Å². The minimum atomic E-state index is -0.113. The monoisotopic (exact) mass is 355 g/mol. The molecule has 3 N–H and O–H groups in total. The van der Waals surface area contributed by atoms with Gasteiger partial charge in [0.2, 0.25) is 11.8 Å². The molecule has 1 aliphatic carbocycles. The fourth-order valence-electron chi connectivity index (χ4n) is 3.79. The van der Waals surface area contributed by atoms with Crippen LogP contribution in [0.15, 0.2) is 23.2 Å². The van der Waals surface area contributed by atoms with Crippen molar-refractivity contribution in [3.05, 3.63) is 23.8 Å². The number of hydrogen-bond acceptors (Lipinski definition) is 5. The van der Waals surface area contributed by atoms with E-state index in [-0.39, 0.29) is 29.9 Å². The normalized spacial score (nSPS) is 25.6. The van der Waals surface area contributed by atoms with Crippen LogP contribution in [0.25, 0.3) is 0 Å². The standard InChI is InChI=1S/C19H25N5O2/c1-11-10-23(19(26)13-3-4-13)17-7-14(15-8-22-18(20)9-21-15)5-6-16(17)24(11)12(2)25/h5-7,11,13,18,22H,3-4,8-10,20H2,1-2H3/t11-,18?/m0/s1. The fraction of sp³-hybridized carbons (Fsp3) is 0.526. The third-order valence-electron chi connectivity index (χ3n) is 5.29. The van der Waals surface area contributed by atoms with Gasteiger partial charge in [0.25, 0.3) is 0 Å². The lowest BCUT2D eigenvalue weighted by molar-refractivity contribution is -0.120. The van der Waals surface area contributed by atoms with Gasteiger partial charge < -0.3 is 15.5 Å². The van der Waals surface area contributed by atoms with Crippen molar-refractivity contribution in [2.45, 2.75) is 38.9 Å². The minimum absolute atomic E-state index is 0.00679. The van der Waals surface area contributed by atoms with Gasteiger partial charge in [0.05, 0.1) is 35.8 Å². The Morgan fingerprint density at radius 3 is 2.65 bits per heavy atom. The second-order valence-electron chi connectivity index (χ2n) is 7.44. The summed E-state index contributed by atoms with van der Waals surface area (Å²) >= 11 is 0. The highest BCUT2D eigenvalue weighted by Crippen LogP contribution is 2.40. The van der Waals surface area contributed by atoms with Crippen molar-refractivity contribution in [3.8, 4) is 0 Å². The van der Waals surface area contributed by atoms with Crippen LogP contribution in [-0.4, -0.2) is 49.4 Å². The molecule has 0 bridgehead atoms. The van der Waals surface area contributed by atoms with Crippen molar-refractivity contribution < 1.29 is 9.59 Å². The summed E-state index contributed by atoms with van der Waals surface area (Å²) in [7, 11) is 0. The summed E-state index contributed by atoms with van der Waals surface area (Å²) < 4.78 is 0.